The van der Waals surface area contributed by atoms with Crippen LogP contribution in [-0.2, 0) is 6.42 Å². The van der Waals surface area contributed by atoms with Crippen LogP contribution in [0.4, 0.5) is 0 Å². The molecule has 0 amide bonds. The molecule has 1 nitrogen and oxygen atoms in total. The number of thiol groups is 1. The van der Waals surface area contributed by atoms with E-state index in [4.69, 9.17) is 0 Å². The molecule has 0 atom stereocenters. The molecule has 0 bridgehead atoms. The molecule has 2 heteroatoms. The SMILES string of the molecule is CN1CCC(CCCc2ccc(S)cc2)CC1. The summed E-state index contributed by atoms with van der Waals surface area (Å²) in [5.74, 6) is 0.968. The predicted molar refractivity (Wildman–Crippen MR) is 76.9 cm³/mol. The van der Waals surface area contributed by atoms with E-state index < -0.39 is 0 Å². The average Bonchev–Trinajstić information content (AvgIpc) is 2.34. The van der Waals surface area contributed by atoms with E-state index in [1.807, 2.05) is 0 Å². The fourth-order valence-electron chi connectivity index (χ4n) is 2.61. The van der Waals surface area contributed by atoms with E-state index >= 15 is 0 Å². The zero-order chi connectivity index (χ0) is 12.1. The molecule has 0 unspecified atom stereocenters. The van der Waals surface area contributed by atoms with Crippen LogP contribution in [0.2, 0.25) is 0 Å². The Morgan fingerprint density at radius 1 is 1.18 bits per heavy atom. The van der Waals surface area contributed by atoms with Crippen LogP contribution in [0.15, 0.2) is 29.2 Å². The number of aryl methyl sites for hydroxylation is 1. The van der Waals surface area contributed by atoms with Crippen molar-refractivity contribution in [2.75, 3.05) is 20.1 Å². The van der Waals surface area contributed by atoms with Crippen molar-refractivity contribution in [3.05, 3.63) is 29.8 Å². The third-order valence-corrected chi connectivity index (χ3v) is 4.15. The fraction of sp³-hybridized carbons (Fsp3) is 0.600. The summed E-state index contributed by atoms with van der Waals surface area (Å²) < 4.78 is 0. The number of likely N-dealkylation sites (tertiary alicyclic amines) is 1. The Hall–Kier alpha value is -0.470. The highest BCUT2D eigenvalue weighted by atomic mass is 32.1. The number of benzene rings is 1. The number of hydrogen-bond acceptors (Lipinski definition) is 2. The summed E-state index contributed by atoms with van der Waals surface area (Å²) in [5.41, 5.74) is 1.45. The predicted octanol–water partition coefficient (Wildman–Crippen LogP) is 3.64. The zero-order valence-electron chi connectivity index (χ0n) is 10.7. The lowest BCUT2D eigenvalue weighted by molar-refractivity contribution is 0.210. The van der Waals surface area contributed by atoms with Gasteiger partial charge in [0, 0.05) is 4.90 Å². The lowest BCUT2D eigenvalue weighted by atomic mass is 9.91. The molecule has 1 saturated heterocycles. The molecule has 0 N–H and O–H groups in total. The van der Waals surface area contributed by atoms with Gasteiger partial charge in [-0.3, -0.25) is 0 Å². The Labute approximate surface area is 111 Å². The molecule has 0 aromatic heterocycles. The molecule has 0 spiro atoms. The smallest absolute Gasteiger partial charge is 0.00401 e. The Morgan fingerprint density at radius 3 is 2.47 bits per heavy atom. The standard InChI is InChI=1S/C15H23NS/c1-16-11-9-14(10-12-16)4-2-3-13-5-7-15(17)8-6-13/h5-8,14,17H,2-4,9-12H2,1H3. The highest BCUT2D eigenvalue weighted by Gasteiger charge is 2.15. The summed E-state index contributed by atoms with van der Waals surface area (Å²) in [6.07, 6.45) is 6.75. The van der Waals surface area contributed by atoms with E-state index in [0.717, 1.165) is 10.8 Å². The third kappa shape index (κ3) is 4.36. The second kappa shape index (κ2) is 6.46. The molecule has 17 heavy (non-hydrogen) atoms. The quantitative estimate of drug-likeness (QED) is 0.797. The lowest BCUT2D eigenvalue weighted by Crippen LogP contribution is -2.30. The molecular formula is C15H23NS. The number of piperidine rings is 1. The Bertz CT molecular complexity index is 325. The number of nitrogens with zero attached hydrogens (tertiary/aromatic N) is 1. The first-order valence-electron chi connectivity index (χ1n) is 6.70. The molecule has 1 aliphatic heterocycles. The van der Waals surface area contributed by atoms with Crippen LogP contribution in [0.1, 0.15) is 31.2 Å². The number of rotatable bonds is 4. The van der Waals surface area contributed by atoms with Gasteiger partial charge >= 0.3 is 0 Å². The number of hydrogen-bond donors (Lipinski definition) is 1. The van der Waals surface area contributed by atoms with Gasteiger partial charge in [-0.2, -0.15) is 0 Å². The van der Waals surface area contributed by atoms with Crippen LogP contribution in [0, 0.1) is 5.92 Å². The van der Waals surface area contributed by atoms with Crippen molar-refractivity contribution in [3.63, 3.8) is 0 Å². The van der Waals surface area contributed by atoms with Crippen LogP contribution >= 0.6 is 12.6 Å². The molecule has 1 aliphatic rings. The van der Waals surface area contributed by atoms with Crippen molar-refractivity contribution in [2.24, 2.45) is 5.92 Å². The van der Waals surface area contributed by atoms with Gasteiger partial charge in [0.05, 0.1) is 0 Å². The minimum absolute atomic E-state index is 0.968. The summed E-state index contributed by atoms with van der Waals surface area (Å²) in [5, 5.41) is 0. The summed E-state index contributed by atoms with van der Waals surface area (Å²) in [7, 11) is 2.23. The Kier molecular flexibility index (Phi) is 4.93. The van der Waals surface area contributed by atoms with E-state index in [2.05, 4.69) is 48.8 Å². The molecule has 1 aromatic rings. The molecular weight excluding hydrogens is 226 g/mol. The van der Waals surface area contributed by atoms with Gasteiger partial charge in [0.1, 0.15) is 0 Å². The average molecular weight is 249 g/mol. The summed E-state index contributed by atoms with van der Waals surface area (Å²) in [6, 6.07) is 8.59. The maximum absolute atomic E-state index is 4.31. The minimum Gasteiger partial charge on any atom is -0.306 e. The van der Waals surface area contributed by atoms with E-state index in [0.29, 0.717) is 0 Å². The normalized spacial score (nSPS) is 18.5. The molecule has 0 saturated carbocycles. The molecule has 1 fully saturated rings. The third-order valence-electron chi connectivity index (χ3n) is 3.85. The first-order valence-corrected chi connectivity index (χ1v) is 7.15. The minimum atomic E-state index is 0.968. The molecule has 94 valence electrons. The zero-order valence-corrected chi connectivity index (χ0v) is 11.6. The van der Waals surface area contributed by atoms with Crippen molar-refractivity contribution in [3.8, 4) is 0 Å². The monoisotopic (exact) mass is 249 g/mol. The first-order chi connectivity index (χ1) is 8.24. The van der Waals surface area contributed by atoms with Gasteiger partial charge in [-0.25, -0.2) is 0 Å². The Balaban J connectivity index is 1.67. The van der Waals surface area contributed by atoms with E-state index in [9.17, 15) is 0 Å². The van der Waals surface area contributed by atoms with Crippen molar-refractivity contribution >= 4 is 12.6 Å². The topological polar surface area (TPSA) is 3.24 Å². The second-order valence-electron chi connectivity index (χ2n) is 5.31. The largest absolute Gasteiger partial charge is 0.306 e. The van der Waals surface area contributed by atoms with Gasteiger partial charge in [-0.05, 0) is 69.4 Å². The van der Waals surface area contributed by atoms with Crippen LogP contribution in [0.25, 0.3) is 0 Å². The van der Waals surface area contributed by atoms with E-state index in [1.54, 1.807) is 0 Å². The summed E-state index contributed by atoms with van der Waals surface area (Å²) in [6.45, 7) is 2.58. The Morgan fingerprint density at radius 2 is 1.82 bits per heavy atom. The lowest BCUT2D eigenvalue weighted by Gasteiger charge is -2.28. The molecule has 0 aliphatic carbocycles. The van der Waals surface area contributed by atoms with Crippen molar-refractivity contribution < 1.29 is 0 Å². The summed E-state index contributed by atoms with van der Waals surface area (Å²) in [4.78, 5) is 3.51. The van der Waals surface area contributed by atoms with Gasteiger partial charge in [-0.15, -0.1) is 12.6 Å². The highest BCUT2D eigenvalue weighted by Crippen LogP contribution is 2.22. The maximum atomic E-state index is 4.31. The van der Waals surface area contributed by atoms with Gasteiger partial charge in [0.25, 0.3) is 0 Å². The van der Waals surface area contributed by atoms with Gasteiger partial charge in [-0.1, -0.05) is 18.6 Å². The second-order valence-corrected chi connectivity index (χ2v) is 5.82. The maximum Gasteiger partial charge on any atom is 0.00401 e. The van der Waals surface area contributed by atoms with Crippen LogP contribution in [0.5, 0.6) is 0 Å². The van der Waals surface area contributed by atoms with Gasteiger partial charge in [0.2, 0.25) is 0 Å². The van der Waals surface area contributed by atoms with Gasteiger partial charge < -0.3 is 4.90 Å². The van der Waals surface area contributed by atoms with Crippen LogP contribution < -0.4 is 0 Å². The fourth-order valence-corrected chi connectivity index (χ4v) is 2.76. The van der Waals surface area contributed by atoms with Crippen molar-refractivity contribution in [1.29, 1.82) is 0 Å². The summed E-state index contributed by atoms with van der Waals surface area (Å²) >= 11 is 4.31. The molecule has 0 radical (unpaired) electrons. The molecule has 2 rings (SSSR count). The van der Waals surface area contributed by atoms with Crippen LogP contribution in [-0.4, -0.2) is 25.0 Å². The molecule has 1 heterocycles. The van der Waals surface area contributed by atoms with E-state index in [1.165, 1.54) is 50.8 Å². The van der Waals surface area contributed by atoms with Crippen molar-refractivity contribution in [2.45, 2.75) is 37.0 Å². The first kappa shape index (κ1) is 13.0. The highest BCUT2D eigenvalue weighted by molar-refractivity contribution is 7.80. The van der Waals surface area contributed by atoms with Gasteiger partial charge in [0.15, 0.2) is 0 Å². The van der Waals surface area contributed by atoms with Crippen LogP contribution in [0.3, 0.4) is 0 Å². The van der Waals surface area contributed by atoms with Crippen molar-refractivity contribution in [1.82, 2.24) is 4.90 Å². The molecule has 1 aromatic carbocycles. The van der Waals surface area contributed by atoms with E-state index in [-0.39, 0.29) is 0 Å².